The number of carbonyl (C=O) groups is 1. The lowest BCUT2D eigenvalue weighted by Crippen LogP contribution is -2.15. The molecular formula is C18H19BrClN5O2. The summed E-state index contributed by atoms with van der Waals surface area (Å²) in [7, 11) is 0. The molecule has 7 nitrogen and oxygen atoms in total. The summed E-state index contributed by atoms with van der Waals surface area (Å²) in [5, 5.41) is 12.0. The molecule has 0 aliphatic rings. The van der Waals surface area contributed by atoms with E-state index in [1.54, 1.807) is 29.2 Å². The number of amides is 1. The van der Waals surface area contributed by atoms with E-state index in [1.807, 2.05) is 30.7 Å². The Morgan fingerprint density at radius 2 is 2.19 bits per heavy atom. The average Bonchev–Trinajstić information content (AvgIpc) is 3.18. The molecule has 9 heteroatoms. The highest BCUT2D eigenvalue weighted by atomic mass is 79.9. The lowest BCUT2D eigenvalue weighted by molar-refractivity contribution is -0.116. The van der Waals surface area contributed by atoms with E-state index < -0.39 is 0 Å². The van der Waals surface area contributed by atoms with E-state index in [2.05, 4.69) is 31.4 Å². The molecule has 0 radical (unpaired) electrons. The van der Waals surface area contributed by atoms with Crippen LogP contribution in [0.3, 0.4) is 0 Å². The number of aryl methyl sites for hydroxylation is 2. The lowest BCUT2D eigenvalue weighted by atomic mass is 10.3. The van der Waals surface area contributed by atoms with Crippen LogP contribution in [0.5, 0.6) is 5.75 Å². The highest BCUT2D eigenvalue weighted by Gasteiger charge is 2.11. The number of halogens is 2. The second kappa shape index (κ2) is 8.58. The largest absolute Gasteiger partial charge is 0.471 e. The molecular weight excluding hydrogens is 434 g/mol. The molecule has 142 valence electrons. The summed E-state index contributed by atoms with van der Waals surface area (Å²) >= 11 is 9.41. The molecule has 0 aliphatic carbocycles. The summed E-state index contributed by atoms with van der Waals surface area (Å²) in [6.07, 6.45) is 3.61. The van der Waals surface area contributed by atoms with Gasteiger partial charge in [0.2, 0.25) is 5.91 Å². The third-order valence-electron chi connectivity index (χ3n) is 3.92. The van der Waals surface area contributed by atoms with Gasteiger partial charge in [0, 0.05) is 17.1 Å². The molecule has 1 amide bonds. The summed E-state index contributed by atoms with van der Waals surface area (Å²) in [4.78, 5) is 12.2. The van der Waals surface area contributed by atoms with E-state index >= 15 is 0 Å². The Hall–Kier alpha value is -2.32. The minimum absolute atomic E-state index is 0.103. The van der Waals surface area contributed by atoms with Crippen molar-refractivity contribution in [2.24, 2.45) is 0 Å². The fourth-order valence-corrected chi connectivity index (χ4v) is 2.98. The topological polar surface area (TPSA) is 74.0 Å². The number of nitrogens with zero attached hydrogens (tertiary/aromatic N) is 4. The van der Waals surface area contributed by atoms with E-state index in [9.17, 15) is 4.79 Å². The van der Waals surface area contributed by atoms with E-state index in [4.69, 9.17) is 16.3 Å². The average molecular weight is 453 g/mol. The van der Waals surface area contributed by atoms with Crippen molar-refractivity contribution in [3.8, 4) is 5.75 Å². The first-order valence-electron chi connectivity index (χ1n) is 8.32. The molecule has 0 saturated carbocycles. The SMILES string of the molecule is Cc1nn(CCC(=O)Nc2cnn(COc3cccc(Cl)c3)c2)c(C)c1Br. The lowest BCUT2D eigenvalue weighted by Gasteiger charge is -2.06. The maximum atomic E-state index is 12.2. The standard InChI is InChI=1S/C18H19BrClN5O2/c1-12-18(19)13(2)25(23-12)7-6-17(26)22-15-9-21-24(10-15)11-27-16-5-3-4-14(20)8-16/h3-5,8-10H,6-7,11H2,1-2H3,(H,22,26). The van der Waals surface area contributed by atoms with E-state index in [1.165, 1.54) is 0 Å². The maximum absolute atomic E-state index is 12.2. The zero-order chi connectivity index (χ0) is 19.4. The van der Waals surface area contributed by atoms with Crippen molar-refractivity contribution in [2.45, 2.75) is 33.5 Å². The van der Waals surface area contributed by atoms with Gasteiger partial charge < -0.3 is 10.1 Å². The minimum atomic E-state index is -0.103. The molecule has 2 heterocycles. The van der Waals surface area contributed by atoms with Crippen LogP contribution in [-0.4, -0.2) is 25.5 Å². The number of carbonyl (C=O) groups excluding carboxylic acids is 1. The summed E-state index contributed by atoms with van der Waals surface area (Å²) in [5.74, 6) is 0.550. The Labute approximate surface area is 170 Å². The number of ether oxygens (including phenoxy) is 1. The number of hydrogen-bond donors (Lipinski definition) is 1. The molecule has 0 spiro atoms. The van der Waals surface area contributed by atoms with Crippen LogP contribution in [0.4, 0.5) is 5.69 Å². The predicted octanol–water partition coefficient (Wildman–Crippen LogP) is 4.18. The van der Waals surface area contributed by atoms with E-state index in [0.717, 1.165) is 15.9 Å². The molecule has 0 saturated heterocycles. The molecule has 0 bridgehead atoms. The minimum Gasteiger partial charge on any atom is -0.471 e. The first kappa shape index (κ1) is 19.4. The Morgan fingerprint density at radius 3 is 2.89 bits per heavy atom. The summed E-state index contributed by atoms with van der Waals surface area (Å²) in [6, 6.07) is 7.13. The Morgan fingerprint density at radius 1 is 1.37 bits per heavy atom. The Bertz CT molecular complexity index is 953. The van der Waals surface area contributed by atoms with Gasteiger partial charge in [-0.15, -0.1) is 0 Å². The number of aromatic nitrogens is 4. The van der Waals surface area contributed by atoms with Crippen molar-refractivity contribution >= 4 is 39.1 Å². The second-order valence-corrected chi connectivity index (χ2v) is 7.23. The molecule has 1 aromatic carbocycles. The number of hydrogen-bond acceptors (Lipinski definition) is 4. The van der Waals surface area contributed by atoms with Crippen molar-refractivity contribution in [2.75, 3.05) is 5.32 Å². The second-order valence-electron chi connectivity index (χ2n) is 6.01. The molecule has 0 atom stereocenters. The number of benzene rings is 1. The van der Waals surface area contributed by atoms with Gasteiger partial charge in [-0.05, 0) is 48.0 Å². The third-order valence-corrected chi connectivity index (χ3v) is 5.30. The van der Waals surface area contributed by atoms with Crippen LogP contribution >= 0.6 is 27.5 Å². The van der Waals surface area contributed by atoms with Gasteiger partial charge in [0.05, 0.1) is 34.8 Å². The van der Waals surface area contributed by atoms with Gasteiger partial charge in [-0.3, -0.25) is 9.48 Å². The van der Waals surface area contributed by atoms with Gasteiger partial charge in [-0.2, -0.15) is 10.2 Å². The van der Waals surface area contributed by atoms with E-state index in [0.29, 0.717) is 29.4 Å². The van der Waals surface area contributed by atoms with Gasteiger partial charge in [-0.1, -0.05) is 17.7 Å². The third kappa shape index (κ3) is 5.11. The highest BCUT2D eigenvalue weighted by molar-refractivity contribution is 9.10. The Kier molecular flexibility index (Phi) is 6.18. The fourth-order valence-electron chi connectivity index (χ4n) is 2.52. The summed E-state index contributed by atoms with van der Waals surface area (Å²) in [6.45, 7) is 4.62. The maximum Gasteiger partial charge on any atom is 0.226 e. The number of nitrogens with one attached hydrogen (secondary N) is 1. The molecule has 3 rings (SSSR count). The number of rotatable bonds is 7. The number of anilines is 1. The first-order valence-corrected chi connectivity index (χ1v) is 9.49. The van der Waals surface area contributed by atoms with Gasteiger partial charge in [0.1, 0.15) is 5.75 Å². The predicted molar refractivity (Wildman–Crippen MR) is 107 cm³/mol. The summed E-state index contributed by atoms with van der Waals surface area (Å²) in [5.41, 5.74) is 2.53. The van der Waals surface area contributed by atoms with Gasteiger partial charge in [0.25, 0.3) is 0 Å². The fraction of sp³-hybridized carbons (Fsp3) is 0.278. The van der Waals surface area contributed by atoms with E-state index in [-0.39, 0.29) is 12.6 Å². The molecule has 2 aromatic heterocycles. The van der Waals surface area contributed by atoms with Crippen molar-refractivity contribution < 1.29 is 9.53 Å². The molecule has 0 aliphatic heterocycles. The molecule has 3 aromatic rings. The van der Waals surface area contributed by atoms with Crippen LogP contribution in [0.25, 0.3) is 0 Å². The molecule has 0 fully saturated rings. The highest BCUT2D eigenvalue weighted by Crippen LogP contribution is 2.20. The smallest absolute Gasteiger partial charge is 0.226 e. The van der Waals surface area contributed by atoms with Gasteiger partial charge >= 0.3 is 0 Å². The molecule has 1 N–H and O–H groups in total. The van der Waals surface area contributed by atoms with Crippen LogP contribution in [0.1, 0.15) is 17.8 Å². The van der Waals surface area contributed by atoms with Crippen molar-refractivity contribution in [3.05, 3.63) is 57.5 Å². The van der Waals surface area contributed by atoms with Crippen LogP contribution in [0.2, 0.25) is 5.02 Å². The quantitative estimate of drug-likeness (QED) is 0.584. The monoisotopic (exact) mass is 451 g/mol. The van der Waals surface area contributed by atoms with Crippen LogP contribution in [0, 0.1) is 13.8 Å². The normalized spacial score (nSPS) is 10.8. The van der Waals surface area contributed by atoms with Crippen LogP contribution < -0.4 is 10.1 Å². The van der Waals surface area contributed by atoms with Crippen molar-refractivity contribution in [1.82, 2.24) is 19.6 Å². The van der Waals surface area contributed by atoms with Gasteiger partial charge in [0.15, 0.2) is 6.73 Å². The van der Waals surface area contributed by atoms with Crippen molar-refractivity contribution in [3.63, 3.8) is 0 Å². The molecule has 0 unspecified atom stereocenters. The zero-order valence-electron chi connectivity index (χ0n) is 14.9. The first-order chi connectivity index (χ1) is 12.9. The Balaban J connectivity index is 1.49. The van der Waals surface area contributed by atoms with Gasteiger partial charge in [-0.25, -0.2) is 4.68 Å². The van der Waals surface area contributed by atoms with Crippen LogP contribution in [0.15, 0.2) is 41.1 Å². The zero-order valence-corrected chi connectivity index (χ0v) is 17.3. The molecule has 27 heavy (non-hydrogen) atoms. The van der Waals surface area contributed by atoms with Crippen LogP contribution in [-0.2, 0) is 18.1 Å². The van der Waals surface area contributed by atoms with Crippen molar-refractivity contribution in [1.29, 1.82) is 0 Å². The summed E-state index contributed by atoms with van der Waals surface area (Å²) < 4.78 is 10.00.